The molecule has 0 aliphatic rings. The summed E-state index contributed by atoms with van der Waals surface area (Å²) < 4.78 is 5.56. The summed E-state index contributed by atoms with van der Waals surface area (Å²) in [4.78, 5) is 29.3. The highest BCUT2D eigenvalue weighted by Gasteiger charge is 2.16. The fraction of sp³-hybridized carbons (Fsp3) is 0.393. The number of aryl methyl sites for hydroxylation is 1. The minimum atomic E-state index is -0.408. The van der Waals surface area contributed by atoms with E-state index in [0.717, 1.165) is 28.7 Å². The first kappa shape index (κ1) is 26.8. The van der Waals surface area contributed by atoms with E-state index in [4.69, 9.17) is 4.74 Å². The number of nitrogens with one attached hydrogen (secondary N) is 2. The molecule has 6 heteroatoms. The number of carbonyl (C=O) groups is 2. The van der Waals surface area contributed by atoms with Crippen LogP contribution in [-0.4, -0.2) is 23.4 Å². The van der Waals surface area contributed by atoms with Crippen molar-refractivity contribution in [2.75, 3.05) is 11.9 Å². The van der Waals surface area contributed by atoms with Gasteiger partial charge in [0.2, 0.25) is 5.88 Å². The zero-order valence-electron chi connectivity index (χ0n) is 21.6. The van der Waals surface area contributed by atoms with Crippen molar-refractivity contribution in [3.63, 3.8) is 0 Å². The fourth-order valence-electron chi connectivity index (χ4n) is 3.15. The monoisotopic (exact) mass is 463 g/mol. The lowest BCUT2D eigenvalue weighted by molar-refractivity contribution is -0.113. The van der Waals surface area contributed by atoms with Gasteiger partial charge in [-0.3, -0.25) is 4.79 Å². The highest BCUT2D eigenvalue weighted by atomic mass is 16.5. The van der Waals surface area contributed by atoms with Crippen molar-refractivity contribution in [1.29, 1.82) is 0 Å². The number of Topliss-reactive ketones (excluding diaryl/α,β-unsaturated/α-hetero) is 1. The third-order valence-electron chi connectivity index (χ3n) is 5.63. The van der Waals surface area contributed by atoms with Crippen LogP contribution in [-0.2, 0) is 4.79 Å². The van der Waals surface area contributed by atoms with Crippen molar-refractivity contribution in [1.82, 2.24) is 10.3 Å². The second-order valence-corrected chi connectivity index (χ2v) is 9.51. The predicted molar refractivity (Wildman–Crippen MR) is 139 cm³/mol. The molecule has 0 unspecified atom stereocenters. The van der Waals surface area contributed by atoms with Gasteiger partial charge < -0.3 is 15.4 Å². The average molecular weight is 464 g/mol. The van der Waals surface area contributed by atoms with Gasteiger partial charge in [-0.05, 0) is 68.9 Å². The number of pyridine rings is 1. The van der Waals surface area contributed by atoms with E-state index in [1.165, 1.54) is 6.92 Å². The Morgan fingerprint density at radius 1 is 1.09 bits per heavy atom. The second kappa shape index (κ2) is 11.6. The van der Waals surface area contributed by atoms with E-state index in [9.17, 15) is 9.59 Å². The molecule has 0 saturated heterocycles. The van der Waals surface area contributed by atoms with Crippen LogP contribution in [0.15, 0.2) is 59.4 Å². The summed E-state index contributed by atoms with van der Waals surface area (Å²) in [6, 6.07) is 9.11. The van der Waals surface area contributed by atoms with Gasteiger partial charge in [-0.2, -0.15) is 0 Å². The molecule has 2 rings (SSSR count). The second-order valence-electron chi connectivity index (χ2n) is 9.51. The Balaban J connectivity index is 2.21. The van der Waals surface area contributed by atoms with Crippen molar-refractivity contribution in [3.05, 3.63) is 65.0 Å². The SMILES string of the molecule is CCCOc1ccc(-c2cc(NC(=O)N/C(C)=C(/C=C(\C)C(C)(C)C)C(C)=O)ccc2C)cn1. The third kappa shape index (κ3) is 7.58. The molecule has 6 nitrogen and oxygen atoms in total. The number of ether oxygens (including phenoxy) is 1. The standard InChI is InChI=1S/C28H37N3O3/c1-9-14-34-26-13-11-22(17-29-26)24-16-23(12-10-18(24)2)31-27(33)30-20(4)25(21(5)32)15-19(3)28(6,7)8/h10-13,15-17H,9,14H2,1-8H3,(H2,30,31,33)/b19-15+,25-20-. The number of aromatic nitrogens is 1. The summed E-state index contributed by atoms with van der Waals surface area (Å²) >= 11 is 0. The van der Waals surface area contributed by atoms with Crippen LogP contribution in [0.3, 0.4) is 0 Å². The number of amides is 2. The van der Waals surface area contributed by atoms with Gasteiger partial charge in [-0.25, -0.2) is 9.78 Å². The summed E-state index contributed by atoms with van der Waals surface area (Å²) in [5.41, 5.74) is 5.58. The van der Waals surface area contributed by atoms with Gasteiger partial charge in [0.1, 0.15) is 0 Å². The smallest absolute Gasteiger partial charge is 0.323 e. The number of allylic oxidation sites excluding steroid dienone is 4. The number of nitrogens with zero attached hydrogens (tertiary/aromatic N) is 1. The number of benzene rings is 1. The highest BCUT2D eigenvalue weighted by molar-refractivity contribution is 5.98. The van der Waals surface area contributed by atoms with Crippen molar-refractivity contribution in [2.24, 2.45) is 5.41 Å². The number of rotatable bonds is 8. The molecule has 2 amide bonds. The van der Waals surface area contributed by atoms with Gasteiger partial charge in [0.15, 0.2) is 5.78 Å². The van der Waals surface area contributed by atoms with Crippen molar-refractivity contribution in [3.8, 4) is 17.0 Å². The molecule has 1 aromatic carbocycles. The molecule has 0 atom stereocenters. The Hall–Kier alpha value is -3.41. The van der Waals surface area contributed by atoms with Crippen LogP contribution in [0.1, 0.15) is 60.5 Å². The van der Waals surface area contributed by atoms with Crippen LogP contribution in [0, 0.1) is 12.3 Å². The van der Waals surface area contributed by atoms with Crippen LogP contribution in [0.25, 0.3) is 11.1 Å². The van der Waals surface area contributed by atoms with Crippen LogP contribution in [0.4, 0.5) is 10.5 Å². The lowest BCUT2D eigenvalue weighted by Crippen LogP contribution is -2.28. The van der Waals surface area contributed by atoms with E-state index in [0.29, 0.717) is 29.4 Å². The Morgan fingerprint density at radius 2 is 1.79 bits per heavy atom. The molecule has 2 N–H and O–H groups in total. The van der Waals surface area contributed by atoms with Gasteiger partial charge in [0.05, 0.1) is 6.61 Å². The molecular weight excluding hydrogens is 426 g/mol. The van der Waals surface area contributed by atoms with E-state index < -0.39 is 6.03 Å². The summed E-state index contributed by atoms with van der Waals surface area (Å²) in [7, 11) is 0. The summed E-state index contributed by atoms with van der Waals surface area (Å²) in [6.45, 7) is 16.2. The highest BCUT2D eigenvalue weighted by Crippen LogP contribution is 2.28. The van der Waals surface area contributed by atoms with Crippen LogP contribution >= 0.6 is 0 Å². The number of carbonyl (C=O) groups excluding carboxylic acids is 2. The molecule has 182 valence electrons. The summed E-state index contributed by atoms with van der Waals surface area (Å²) in [6.07, 6.45) is 4.54. The molecule has 1 aromatic heterocycles. The van der Waals surface area contributed by atoms with Crippen LogP contribution in [0.2, 0.25) is 0 Å². The minimum absolute atomic E-state index is 0.0727. The van der Waals surface area contributed by atoms with Gasteiger partial charge in [0.25, 0.3) is 0 Å². The molecular formula is C28H37N3O3. The largest absolute Gasteiger partial charge is 0.478 e. The molecule has 1 heterocycles. The lowest BCUT2D eigenvalue weighted by atomic mass is 9.86. The zero-order chi connectivity index (χ0) is 25.5. The molecule has 2 aromatic rings. The quantitative estimate of drug-likeness (QED) is 0.332. The van der Waals surface area contributed by atoms with E-state index in [-0.39, 0.29) is 11.2 Å². The lowest BCUT2D eigenvalue weighted by Gasteiger charge is -2.20. The Morgan fingerprint density at radius 3 is 2.35 bits per heavy atom. The van der Waals surface area contributed by atoms with E-state index in [1.54, 1.807) is 13.1 Å². The maximum atomic E-state index is 12.7. The molecule has 0 fully saturated rings. The third-order valence-corrected chi connectivity index (χ3v) is 5.63. The Bertz CT molecular complexity index is 1090. The molecule has 0 bridgehead atoms. The maximum absolute atomic E-state index is 12.7. The normalized spacial score (nSPS) is 12.6. The minimum Gasteiger partial charge on any atom is -0.478 e. The predicted octanol–water partition coefficient (Wildman–Crippen LogP) is 6.82. The first-order valence-corrected chi connectivity index (χ1v) is 11.6. The van der Waals surface area contributed by atoms with Crippen molar-refractivity contribution < 1.29 is 14.3 Å². The first-order valence-electron chi connectivity index (χ1n) is 11.6. The van der Waals surface area contributed by atoms with E-state index >= 15 is 0 Å². The van der Waals surface area contributed by atoms with Gasteiger partial charge in [-0.1, -0.05) is 45.4 Å². The number of hydrogen-bond acceptors (Lipinski definition) is 4. The van der Waals surface area contributed by atoms with Gasteiger partial charge in [-0.15, -0.1) is 0 Å². The van der Waals surface area contributed by atoms with Crippen LogP contribution < -0.4 is 15.4 Å². The van der Waals surface area contributed by atoms with E-state index in [2.05, 4.69) is 36.4 Å². The molecule has 0 radical (unpaired) electrons. The Labute approximate surface area is 203 Å². The summed E-state index contributed by atoms with van der Waals surface area (Å²) in [5, 5.41) is 5.67. The van der Waals surface area contributed by atoms with Gasteiger partial charge >= 0.3 is 6.03 Å². The number of ketones is 1. The fourth-order valence-corrected chi connectivity index (χ4v) is 3.15. The summed E-state index contributed by atoms with van der Waals surface area (Å²) in [5.74, 6) is 0.495. The number of hydrogen-bond donors (Lipinski definition) is 2. The Kier molecular flexibility index (Phi) is 9.19. The first-order chi connectivity index (χ1) is 15.9. The zero-order valence-corrected chi connectivity index (χ0v) is 21.6. The van der Waals surface area contributed by atoms with Crippen molar-refractivity contribution >= 4 is 17.5 Å². The molecule has 34 heavy (non-hydrogen) atoms. The number of anilines is 1. The average Bonchev–Trinajstić information content (AvgIpc) is 2.76. The topological polar surface area (TPSA) is 80.3 Å². The van der Waals surface area contributed by atoms with Crippen molar-refractivity contribution in [2.45, 2.75) is 61.8 Å². The van der Waals surface area contributed by atoms with Gasteiger partial charge in [0, 0.05) is 34.8 Å². The number of urea groups is 1. The van der Waals surface area contributed by atoms with E-state index in [1.807, 2.05) is 57.2 Å². The molecule has 0 aliphatic carbocycles. The van der Waals surface area contributed by atoms with Crippen LogP contribution in [0.5, 0.6) is 5.88 Å². The maximum Gasteiger partial charge on any atom is 0.323 e. The molecule has 0 spiro atoms. The molecule has 0 saturated carbocycles. The molecule has 0 aliphatic heterocycles.